The second-order valence-corrected chi connectivity index (χ2v) is 10.1. The van der Waals surface area contributed by atoms with E-state index < -0.39 is 39.2 Å². The van der Waals surface area contributed by atoms with E-state index in [0.717, 1.165) is 49.0 Å². The van der Waals surface area contributed by atoms with Crippen molar-refractivity contribution in [2.75, 3.05) is 17.4 Å². The van der Waals surface area contributed by atoms with E-state index in [-0.39, 0.29) is 17.1 Å². The van der Waals surface area contributed by atoms with Gasteiger partial charge < -0.3 is 5.32 Å². The van der Waals surface area contributed by atoms with E-state index in [1.165, 1.54) is 12.1 Å². The van der Waals surface area contributed by atoms with E-state index in [9.17, 15) is 26.4 Å². The lowest BCUT2D eigenvalue weighted by Crippen LogP contribution is -2.41. The number of sulfonamides is 1. The van der Waals surface area contributed by atoms with Crippen LogP contribution in [-0.4, -0.2) is 27.4 Å². The number of carbonyl (C=O) groups is 1. The van der Waals surface area contributed by atoms with Gasteiger partial charge in [0.25, 0.3) is 10.0 Å². The first-order valence-corrected chi connectivity index (χ1v) is 12.2. The van der Waals surface area contributed by atoms with Crippen LogP contribution in [0, 0.1) is 6.92 Å². The molecule has 1 aliphatic rings. The van der Waals surface area contributed by atoms with Crippen molar-refractivity contribution in [1.82, 2.24) is 5.32 Å². The van der Waals surface area contributed by atoms with Crippen LogP contribution in [0.5, 0.6) is 0 Å². The summed E-state index contributed by atoms with van der Waals surface area (Å²) in [7, 11) is -4.34. The fourth-order valence-corrected chi connectivity index (χ4v) is 5.14. The molecule has 0 spiro atoms. The lowest BCUT2D eigenvalue weighted by molar-refractivity contribution is -0.137. The van der Waals surface area contributed by atoms with Crippen LogP contribution in [0.4, 0.5) is 18.9 Å². The smallest absolute Gasteiger partial charge is 0.351 e. The van der Waals surface area contributed by atoms with Crippen LogP contribution in [0.2, 0.25) is 5.02 Å². The minimum atomic E-state index is -4.79. The number of hydrogen-bond donors (Lipinski definition) is 1. The van der Waals surface area contributed by atoms with Crippen molar-refractivity contribution in [1.29, 1.82) is 0 Å². The Hall–Kier alpha value is -2.52. The molecule has 33 heavy (non-hydrogen) atoms. The van der Waals surface area contributed by atoms with Gasteiger partial charge in [-0.05, 0) is 62.9 Å². The zero-order valence-corrected chi connectivity index (χ0v) is 19.5. The van der Waals surface area contributed by atoms with Crippen molar-refractivity contribution in [2.45, 2.75) is 43.7 Å². The van der Waals surface area contributed by atoms with E-state index in [1.807, 2.05) is 6.08 Å². The largest absolute Gasteiger partial charge is 0.417 e. The monoisotopic (exact) mass is 500 g/mol. The van der Waals surface area contributed by atoms with E-state index >= 15 is 0 Å². The molecule has 0 fully saturated rings. The normalized spacial score (nSPS) is 14.5. The number of benzene rings is 2. The number of rotatable bonds is 7. The summed E-state index contributed by atoms with van der Waals surface area (Å²) in [6.45, 7) is 1.37. The third kappa shape index (κ3) is 6.29. The first kappa shape index (κ1) is 25.1. The zero-order valence-electron chi connectivity index (χ0n) is 18.0. The van der Waals surface area contributed by atoms with Gasteiger partial charge in [0, 0.05) is 6.54 Å². The van der Waals surface area contributed by atoms with Crippen molar-refractivity contribution >= 4 is 33.2 Å². The van der Waals surface area contributed by atoms with Gasteiger partial charge >= 0.3 is 6.18 Å². The maximum atomic E-state index is 13.4. The highest BCUT2D eigenvalue weighted by Gasteiger charge is 2.35. The number of halogens is 4. The van der Waals surface area contributed by atoms with Crippen LogP contribution in [0.1, 0.15) is 36.8 Å². The summed E-state index contributed by atoms with van der Waals surface area (Å²) in [6.07, 6.45) is 1.11. The number of amides is 1. The maximum absolute atomic E-state index is 13.4. The van der Waals surface area contributed by atoms with Crippen LogP contribution in [0.3, 0.4) is 0 Å². The van der Waals surface area contributed by atoms with Gasteiger partial charge in [0.15, 0.2) is 0 Å². The van der Waals surface area contributed by atoms with Gasteiger partial charge in [0.2, 0.25) is 5.91 Å². The van der Waals surface area contributed by atoms with E-state index in [2.05, 4.69) is 5.32 Å². The molecular weight excluding hydrogens is 477 g/mol. The van der Waals surface area contributed by atoms with Crippen LogP contribution in [0.15, 0.2) is 59.0 Å². The quantitative estimate of drug-likeness (QED) is 0.512. The molecule has 0 unspecified atom stereocenters. The van der Waals surface area contributed by atoms with Gasteiger partial charge in [-0.2, -0.15) is 13.2 Å². The van der Waals surface area contributed by atoms with Gasteiger partial charge in [-0.15, -0.1) is 0 Å². The van der Waals surface area contributed by atoms with Crippen molar-refractivity contribution in [3.63, 3.8) is 0 Å². The Morgan fingerprint density at radius 3 is 2.42 bits per heavy atom. The first-order valence-electron chi connectivity index (χ1n) is 10.4. The average molecular weight is 501 g/mol. The molecule has 178 valence electrons. The van der Waals surface area contributed by atoms with Crippen molar-refractivity contribution < 1.29 is 26.4 Å². The molecule has 1 N–H and O–H groups in total. The Labute approximate surface area is 196 Å². The van der Waals surface area contributed by atoms with E-state index in [1.54, 1.807) is 19.1 Å². The number of nitrogens with zero attached hydrogens (tertiary/aromatic N) is 1. The van der Waals surface area contributed by atoms with Crippen molar-refractivity contribution in [2.24, 2.45) is 0 Å². The molecule has 0 saturated carbocycles. The third-order valence-electron chi connectivity index (χ3n) is 5.34. The summed E-state index contributed by atoms with van der Waals surface area (Å²) in [5, 5.41) is 2.12. The number of hydrogen-bond acceptors (Lipinski definition) is 3. The third-order valence-corrected chi connectivity index (χ3v) is 7.45. The molecular formula is C23H24ClF3N2O3S. The summed E-state index contributed by atoms with van der Waals surface area (Å²) < 4.78 is 67.6. The molecule has 1 amide bonds. The van der Waals surface area contributed by atoms with Gasteiger partial charge in [-0.25, -0.2) is 8.42 Å². The Morgan fingerprint density at radius 1 is 1.12 bits per heavy atom. The second-order valence-electron chi connectivity index (χ2n) is 7.87. The minimum Gasteiger partial charge on any atom is -0.351 e. The molecule has 10 heteroatoms. The van der Waals surface area contributed by atoms with Gasteiger partial charge in [-0.3, -0.25) is 9.10 Å². The van der Waals surface area contributed by atoms with Gasteiger partial charge in [-0.1, -0.05) is 40.9 Å². The van der Waals surface area contributed by atoms with Crippen molar-refractivity contribution in [3.05, 3.63) is 70.3 Å². The van der Waals surface area contributed by atoms with Crippen molar-refractivity contribution in [3.8, 4) is 0 Å². The highest BCUT2D eigenvalue weighted by atomic mass is 35.5. The summed E-state index contributed by atoms with van der Waals surface area (Å²) in [4.78, 5) is 12.5. The first-order chi connectivity index (χ1) is 15.5. The zero-order chi connectivity index (χ0) is 24.2. The second kappa shape index (κ2) is 10.2. The standard InChI is InChI=1S/C23H24ClF3N2O3S/c1-16-7-10-19(11-8-16)33(31,32)29(15-22(30)28-14-17-5-3-2-4-6-17)18-9-12-21(24)20(13-18)23(25,26)27/h5,7-13H,2-4,6,14-15H2,1H3,(H,28,30). The Morgan fingerprint density at radius 2 is 1.82 bits per heavy atom. The van der Waals surface area contributed by atoms with E-state index in [4.69, 9.17) is 11.6 Å². The lowest BCUT2D eigenvalue weighted by atomic mass is 10.00. The van der Waals surface area contributed by atoms with Crippen LogP contribution < -0.4 is 9.62 Å². The number of anilines is 1. The summed E-state index contributed by atoms with van der Waals surface area (Å²) >= 11 is 5.70. The number of alkyl halides is 3. The SMILES string of the molecule is Cc1ccc(S(=O)(=O)N(CC(=O)NCC2=CCCCC2)c2ccc(Cl)c(C(F)(F)F)c2)cc1. The number of allylic oxidation sites excluding steroid dienone is 1. The van der Waals surface area contributed by atoms with Crippen LogP contribution in [0.25, 0.3) is 0 Å². The Kier molecular flexibility index (Phi) is 7.74. The summed E-state index contributed by atoms with van der Waals surface area (Å²) in [5.74, 6) is -0.624. The highest BCUT2D eigenvalue weighted by Crippen LogP contribution is 2.38. The summed E-state index contributed by atoms with van der Waals surface area (Å²) in [6, 6.07) is 8.62. The van der Waals surface area contributed by atoms with Crippen LogP contribution >= 0.6 is 11.6 Å². The molecule has 0 saturated heterocycles. The Bertz CT molecular complexity index is 1150. The molecule has 5 nitrogen and oxygen atoms in total. The average Bonchev–Trinajstić information content (AvgIpc) is 2.77. The topological polar surface area (TPSA) is 66.5 Å². The van der Waals surface area contributed by atoms with Gasteiger partial charge in [0.1, 0.15) is 6.54 Å². The molecule has 0 radical (unpaired) electrons. The molecule has 1 aliphatic carbocycles. The maximum Gasteiger partial charge on any atom is 0.417 e. The molecule has 2 aromatic rings. The molecule has 0 aromatic heterocycles. The van der Waals surface area contributed by atoms with E-state index in [0.29, 0.717) is 10.4 Å². The molecule has 0 aliphatic heterocycles. The number of nitrogens with one attached hydrogen (secondary N) is 1. The molecule has 0 bridgehead atoms. The predicted octanol–water partition coefficient (Wildman–Crippen LogP) is 5.48. The minimum absolute atomic E-state index is 0.139. The molecule has 0 atom stereocenters. The predicted molar refractivity (Wildman–Crippen MR) is 122 cm³/mol. The molecule has 0 heterocycles. The summed E-state index contributed by atoms with van der Waals surface area (Å²) in [5.41, 5.74) is 0.371. The fraction of sp³-hybridized carbons (Fsp3) is 0.348. The Balaban J connectivity index is 1.95. The number of carbonyl (C=O) groups excluding carboxylic acids is 1. The lowest BCUT2D eigenvalue weighted by Gasteiger charge is -2.25. The van der Waals surface area contributed by atoms with Crippen LogP contribution in [-0.2, 0) is 21.0 Å². The van der Waals surface area contributed by atoms with Gasteiger partial charge in [0.05, 0.1) is 21.2 Å². The number of aryl methyl sites for hydroxylation is 1. The molecule has 3 rings (SSSR count). The fourth-order valence-electron chi connectivity index (χ4n) is 3.50. The highest BCUT2D eigenvalue weighted by molar-refractivity contribution is 7.92. The molecule has 2 aromatic carbocycles.